The molecule has 1 saturated carbocycles. The highest BCUT2D eigenvalue weighted by molar-refractivity contribution is 6.18. The van der Waals surface area contributed by atoms with Crippen molar-refractivity contribution in [3.05, 3.63) is 34.9 Å². The van der Waals surface area contributed by atoms with E-state index in [1.165, 1.54) is 56.9 Å². The molecule has 0 saturated heterocycles. The third-order valence-corrected chi connectivity index (χ3v) is 5.18. The molecule has 1 fully saturated rings. The van der Waals surface area contributed by atoms with Crippen LogP contribution < -0.4 is 0 Å². The first kappa shape index (κ1) is 14.4. The van der Waals surface area contributed by atoms with Crippen molar-refractivity contribution < 1.29 is 0 Å². The van der Waals surface area contributed by atoms with E-state index >= 15 is 0 Å². The number of hydrogen-bond donors (Lipinski definition) is 0. The maximum absolute atomic E-state index is 6.03. The monoisotopic (exact) mass is 291 g/mol. The number of benzene rings is 1. The van der Waals surface area contributed by atoms with Crippen molar-refractivity contribution in [2.24, 2.45) is 0 Å². The molecule has 20 heavy (non-hydrogen) atoms. The average Bonchev–Trinajstić information content (AvgIpc) is 2.95. The molecule has 0 spiro atoms. The minimum absolute atomic E-state index is 0.751. The van der Waals surface area contributed by atoms with Gasteiger partial charge in [0.1, 0.15) is 0 Å². The zero-order valence-corrected chi connectivity index (χ0v) is 13.2. The van der Waals surface area contributed by atoms with Gasteiger partial charge in [0, 0.05) is 25.0 Å². The van der Waals surface area contributed by atoms with Crippen LogP contribution in [0.3, 0.4) is 0 Å². The summed E-state index contributed by atoms with van der Waals surface area (Å²) in [6, 6.07) is 7.91. The maximum Gasteiger partial charge on any atom is 0.0351 e. The van der Waals surface area contributed by atoms with Gasteiger partial charge in [0.2, 0.25) is 0 Å². The van der Waals surface area contributed by atoms with E-state index in [1.807, 2.05) is 0 Å². The summed E-state index contributed by atoms with van der Waals surface area (Å²) < 4.78 is 0. The minimum Gasteiger partial charge on any atom is -0.295 e. The minimum atomic E-state index is 0.751. The van der Waals surface area contributed by atoms with Gasteiger partial charge in [0.25, 0.3) is 0 Å². The van der Waals surface area contributed by atoms with Crippen LogP contribution in [0.2, 0.25) is 0 Å². The van der Waals surface area contributed by atoms with Gasteiger partial charge in [-0.1, -0.05) is 37.5 Å². The Kier molecular flexibility index (Phi) is 5.01. The fourth-order valence-corrected chi connectivity index (χ4v) is 4.12. The van der Waals surface area contributed by atoms with Crippen LogP contribution >= 0.6 is 11.6 Å². The van der Waals surface area contributed by atoms with Crippen molar-refractivity contribution in [2.45, 2.75) is 64.0 Å². The van der Waals surface area contributed by atoms with Crippen molar-refractivity contribution in [3.8, 4) is 0 Å². The van der Waals surface area contributed by atoms with Crippen LogP contribution in [0.1, 0.15) is 55.2 Å². The zero-order valence-electron chi connectivity index (χ0n) is 12.4. The molecule has 3 rings (SSSR count). The Morgan fingerprint density at radius 2 is 1.80 bits per heavy atom. The van der Waals surface area contributed by atoms with Gasteiger partial charge in [0.15, 0.2) is 0 Å². The van der Waals surface area contributed by atoms with Crippen molar-refractivity contribution in [2.75, 3.05) is 12.4 Å². The number of rotatable bonds is 5. The van der Waals surface area contributed by atoms with Crippen LogP contribution in [0.5, 0.6) is 0 Å². The molecule has 2 aliphatic carbocycles. The van der Waals surface area contributed by atoms with E-state index in [2.05, 4.69) is 23.1 Å². The van der Waals surface area contributed by atoms with Crippen LogP contribution in [0.4, 0.5) is 0 Å². The van der Waals surface area contributed by atoms with Crippen LogP contribution in [-0.2, 0) is 19.4 Å². The van der Waals surface area contributed by atoms with Crippen molar-refractivity contribution in [1.82, 2.24) is 4.90 Å². The number of nitrogens with zero attached hydrogens (tertiary/aromatic N) is 1. The van der Waals surface area contributed by atoms with Gasteiger partial charge in [0.05, 0.1) is 0 Å². The lowest BCUT2D eigenvalue weighted by Crippen LogP contribution is -2.37. The van der Waals surface area contributed by atoms with Crippen LogP contribution in [0, 0.1) is 0 Å². The Hall–Kier alpha value is -0.530. The SMILES string of the molecule is ClCCN(Cc1ccc2c(c1)CCC2)C1CCCCC1. The molecule has 0 heterocycles. The van der Waals surface area contributed by atoms with Crippen molar-refractivity contribution in [1.29, 1.82) is 0 Å². The molecular formula is C18H26ClN. The molecule has 2 heteroatoms. The van der Waals surface area contributed by atoms with Crippen molar-refractivity contribution >= 4 is 11.6 Å². The van der Waals surface area contributed by atoms with Gasteiger partial charge < -0.3 is 0 Å². The summed E-state index contributed by atoms with van der Waals surface area (Å²) in [6.07, 6.45) is 10.8. The summed E-state index contributed by atoms with van der Waals surface area (Å²) in [6.45, 7) is 2.12. The van der Waals surface area contributed by atoms with Crippen LogP contribution in [0.15, 0.2) is 18.2 Å². The average molecular weight is 292 g/mol. The van der Waals surface area contributed by atoms with E-state index in [0.29, 0.717) is 0 Å². The Morgan fingerprint density at radius 1 is 1.00 bits per heavy atom. The number of alkyl halides is 1. The van der Waals surface area contributed by atoms with Gasteiger partial charge in [-0.05, 0) is 48.8 Å². The lowest BCUT2D eigenvalue weighted by molar-refractivity contribution is 0.157. The van der Waals surface area contributed by atoms with E-state index in [4.69, 9.17) is 11.6 Å². The van der Waals surface area contributed by atoms with Gasteiger partial charge in [-0.3, -0.25) is 4.90 Å². The molecule has 1 nitrogen and oxygen atoms in total. The fraction of sp³-hybridized carbons (Fsp3) is 0.667. The predicted molar refractivity (Wildman–Crippen MR) is 86.5 cm³/mol. The topological polar surface area (TPSA) is 3.24 Å². The zero-order chi connectivity index (χ0) is 13.8. The molecule has 0 aliphatic heterocycles. The summed E-state index contributed by atoms with van der Waals surface area (Å²) >= 11 is 6.03. The first-order valence-electron chi connectivity index (χ1n) is 8.27. The molecule has 0 atom stereocenters. The molecule has 0 radical (unpaired) electrons. The van der Waals surface area contributed by atoms with E-state index in [1.54, 1.807) is 11.1 Å². The Balaban J connectivity index is 1.68. The van der Waals surface area contributed by atoms with Gasteiger partial charge >= 0.3 is 0 Å². The lowest BCUT2D eigenvalue weighted by Gasteiger charge is -2.34. The van der Waals surface area contributed by atoms with Gasteiger partial charge in [-0.25, -0.2) is 0 Å². The molecule has 110 valence electrons. The van der Waals surface area contributed by atoms with E-state index < -0.39 is 0 Å². The Labute approximate surface area is 128 Å². The fourth-order valence-electron chi connectivity index (χ4n) is 3.90. The third kappa shape index (κ3) is 3.38. The second-order valence-electron chi connectivity index (χ2n) is 6.41. The normalized spacial score (nSPS) is 19.5. The largest absolute Gasteiger partial charge is 0.295 e. The highest BCUT2D eigenvalue weighted by Crippen LogP contribution is 2.26. The second kappa shape index (κ2) is 6.95. The highest BCUT2D eigenvalue weighted by Gasteiger charge is 2.21. The number of hydrogen-bond acceptors (Lipinski definition) is 1. The molecule has 0 aromatic heterocycles. The quantitative estimate of drug-likeness (QED) is 0.720. The molecule has 0 N–H and O–H groups in total. The van der Waals surface area contributed by atoms with Crippen LogP contribution in [-0.4, -0.2) is 23.4 Å². The molecule has 0 unspecified atom stereocenters. The summed E-state index contributed by atoms with van der Waals surface area (Å²) in [5.41, 5.74) is 4.66. The number of halogens is 1. The van der Waals surface area contributed by atoms with Gasteiger partial charge in [-0.15, -0.1) is 11.6 Å². The number of fused-ring (bicyclic) bond motifs is 1. The highest BCUT2D eigenvalue weighted by atomic mass is 35.5. The Bertz CT molecular complexity index is 437. The maximum atomic E-state index is 6.03. The summed E-state index contributed by atoms with van der Waals surface area (Å²) in [5.74, 6) is 0.751. The molecular weight excluding hydrogens is 266 g/mol. The van der Waals surface area contributed by atoms with Crippen LogP contribution in [0.25, 0.3) is 0 Å². The second-order valence-corrected chi connectivity index (χ2v) is 6.79. The standard InChI is InChI=1S/C18H26ClN/c19-11-12-20(18-7-2-1-3-8-18)14-15-9-10-16-5-4-6-17(16)13-15/h9-10,13,18H,1-8,11-12,14H2. The van der Waals surface area contributed by atoms with Gasteiger partial charge in [-0.2, -0.15) is 0 Å². The number of aryl methyl sites for hydroxylation is 2. The van der Waals surface area contributed by atoms with E-state index in [9.17, 15) is 0 Å². The molecule has 0 bridgehead atoms. The summed E-state index contributed by atoms with van der Waals surface area (Å²) in [7, 11) is 0. The van der Waals surface area contributed by atoms with E-state index in [0.717, 1.165) is 25.0 Å². The van der Waals surface area contributed by atoms with E-state index in [-0.39, 0.29) is 0 Å². The smallest absolute Gasteiger partial charge is 0.0351 e. The first-order chi connectivity index (χ1) is 9.86. The Morgan fingerprint density at radius 3 is 2.60 bits per heavy atom. The third-order valence-electron chi connectivity index (χ3n) is 5.01. The van der Waals surface area contributed by atoms with Crippen molar-refractivity contribution in [3.63, 3.8) is 0 Å². The molecule has 1 aromatic carbocycles. The lowest BCUT2D eigenvalue weighted by atomic mass is 9.93. The molecule has 1 aromatic rings. The molecule has 0 amide bonds. The predicted octanol–water partition coefficient (Wildman–Crippen LogP) is 4.55. The first-order valence-corrected chi connectivity index (χ1v) is 8.81. The summed E-state index contributed by atoms with van der Waals surface area (Å²) in [4.78, 5) is 2.63. The molecule has 2 aliphatic rings. The summed E-state index contributed by atoms with van der Waals surface area (Å²) in [5, 5.41) is 0.